The summed E-state index contributed by atoms with van der Waals surface area (Å²) < 4.78 is 11.8. The minimum atomic E-state index is -0.211. The van der Waals surface area contributed by atoms with Crippen molar-refractivity contribution in [1.29, 1.82) is 0 Å². The second-order valence-electron chi connectivity index (χ2n) is 6.74. The van der Waals surface area contributed by atoms with Crippen LogP contribution in [0.1, 0.15) is 24.6 Å². The number of nitrogens with one attached hydrogen (secondary N) is 1. The van der Waals surface area contributed by atoms with Crippen molar-refractivity contribution in [3.8, 4) is 11.5 Å². The van der Waals surface area contributed by atoms with Crippen molar-refractivity contribution >= 4 is 27.3 Å². The molecule has 0 unspecified atom stereocenters. The van der Waals surface area contributed by atoms with Gasteiger partial charge in [0.2, 0.25) is 16.0 Å². The van der Waals surface area contributed by atoms with Gasteiger partial charge in [0, 0.05) is 25.4 Å². The van der Waals surface area contributed by atoms with Crippen molar-refractivity contribution in [3.05, 3.63) is 45.9 Å². The van der Waals surface area contributed by atoms with Gasteiger partial charge in [0.15, 0.2) is 11.5 Å². The molecule has 0 saturated carbocycles. The molecule has 3 aromatic rings. The third-order valence-electron chi connectivity index (χ3n) is 4.44. The molecule has 1 amide bonds. The fourth-order valence-electron chi connectivity index (χ4n) is 2.91. The molecular weight excluding hydrogens is 406 g/mol. The van der Waals surface area contributed by atoms with Crippen LogP contribution in [0.2, 0.25) is 0 Å². The van der Waals surface area contributed by atoms with Crippen LogP contribution in [0.5, 0.6) is 11.5 Å². The predicted molar refractivity (Wildman–Crippen MR) is 116 cm³/mol. The molecule has 0 aliphatic rings. The second kappa shape index (κ2) is 9.57. The number of carbonyl (C=O) groups excluding carboxylic acids is 1. The summed E-state index contributed by atoms with van der Waals surface area (Å²) in [5, 5.41) is 7.73. The zero-order valence-electron chi connectivity index (χ0n) is 17.5. The first-order valence-corrected chi connectivity index (χ1v) is 10.3. The second-order valence-corrected chi connectivity index (χ2v) is 7.67. The van der Waals surface area contributed by atoms with E-state index in [1.54, 1.807) is 32.2 Å². The van der Waals surface area contributed by atoms with Crippen molar-refractivity contribution in [2.24, 2.45) is 0 Å². The number of likely N-dealkylation sites (N-methyl/N-ethyl adjacent to an activating group) is 1. The maximum atomic E-state index is 12.4. The number of fused-ring (bicyclic) bond motifs is 1. The van der Waals surface area contributed by atoms with Crippen LogP contribution in [-0.4, -0.2) is 48.3 Å². The van der Waals surface area contributed by atoms with Gasteiger partial charge in [-0.25, -0.2) is 4.98 Å². The first kappa shape index (κ1) is 21.6. The highest BCUT2D eigenvalue weighted by Gasteiger charge is 2.15. The van der Waals surface area contributed by atoms with Crippen LogP contribution in [-0.2, 0) is 17.8 Å². The zero-order chi connectivity index (χ0) is 21.7. The Morgan fingerprint density at radius 2 is 2.00 bits per heavy atom. The molecule has 0 fully saturated rings. The van der Waals surface area contributed by atoms with Gasteiger partial charge in [0.05, 0.1) is 20.8 Å². The summed E-state index contributed by atoms with van der Waals surface area (Å²) in [5.41, 5.74) is 1.44. The van der Waals surface area contributed by atoms with Gasteiger partial charge in [-0.2, -0.15) is 4.52 Å². The largest absolute Gasteiger partial charge is 0.493 e. The molecule has 0 atom stereocenters. The van der Waals surface area contributed by atoms with Gasteiger partial charge in [-0.15, -0.1) is 5.10 Å². The number of ether oxygens (including phenoxy) is 2. The first-order chi connectivity index (χ1) is 14.4. The number of carbonyl (C=O) groups is 1. The SMILES string of the molecule is CCCc1cc(=O)n2nc(N(C)CC(=O)NCc3ccc(OC)c(OC)c3)sc2n1. The monoisotopic (exact) mass is 431 g/mol. The van der Waals surface area contributed by atoms with E-state index in [-0.39, 0.29) is 18.0 Å². The Morgan fingerprint density at radius 3 is 2.70 bits per heavy atom. The summed E-state index contributed by atoms with van der Waals surface area (Å²) in [7, 11) is 4.90. The summed E-state index contributed by atoms with van der Waals surface area (Å²) in [4.78, 5) is 31.3. The number of nitrogens with zero attached hydrogens (tertiary/aromatic N) is 4. The van der Waals surface area contributed by atoms with E-state index >= 15 is 0 Å². The highest BCUT2D eigenvalue weighted by atomic mass is 32.1. The number of amides is 1. The van der Waals surface area contributed by atoms with E-state index in [9.17, 15) is 9.59 Å². The number of hydrogen-bond acceptors (Lipinski definition) is 8. The molecule has 0 aliphatic heterocycles. The summed E-state index contributed by atoms with van der Waals surface area (Å²) in [6.07, 6.45) is 1.65. The Bertz CT molecular complexity index is 1090. The first-order valence-electron chi connectivity index (χ1n) is 9.53. The zero-order valence-corrected chi connectivity index (χ0v) is 18.3. The number of aromatic nitrogens is 3. The van der Waals surface area contributed by atoms with E-state index in [1.807, 2.05) is 19.1 Å². The van der Waals surface area contributed by atoms with Gasteiger partial charge in [-0.05, 0) is 24.1 Å². The molecule has 30 heavy (non-hydrogen) atoms. The van der Waals surface area contributed by atoms with Crippen molar-refractivity contribution < 1.29 is 14.3 Å². The van der Waals surface area contributed by atoms with E-state index in [1.165, 1.54) is 21.9 Å². The molecule has 0 saturated heterocycles. The average Bonchev–Trinajstić information content (AvgIpc) is 3.17. The van der Waals surface area contributed by atoms with Crippen molar-refractivity contribution in [3.63, 3.8) is 0 Å². The molecule has 0 radical (unpaired) electrons. The number of aryl methyl sites for hydroxylation is 1. The molecule has 2 heterocycles. The molecule has 3 rings (SSSR count). The van der Waals surface area contributed by atoms with E-state index in [0.29, 0.717) is 28.1 Å². The van der Waals surface area contributed by atoms with Crippen molar-refractivity contribution in [2.45, 2.75) is 26.3 Å². The lowest BCUT2D eigenvalue weighted by atomic mass is 10.2. The van der Waals surface area contributed by atoms with E-state index in [0.717, 1.165) is 24.1 Å². The maximum absolute atomic E-state index is 12.4. The highest BCUT2D eigenvalue weighted by molar-refractivity contribution is 7.20. The number of methoxy groups -OCH3 is 2. The third-order valence-corrected chi connectivity index (χ3v) is 5.46. The molecule has 0 spiro atoms. The van der Waals surface area contributed by atoms with Gasteiger partial charge in [-0.1, -0.05) is 30.7 Å². The van der Waals surface area contributed by atoms with Crippen LogP contribution in [0.15, 0.2) is 29.1 Å². The van der Waals surface area contributed by atoms with Crippen LogP contribution in [0.3, 0.4) is 0 Å². The molecule has 1 N–H and O–H groups in total. The van der Waals surface area contributed by atoms with Crippen LogP contribution in [0.4, 0.5) is 5.13 Å². The maximum Gasteiger partial charge on any atom is 0.275 e. The Balaban J connectivity index is 1.64. The summed E-state index contributed by atoms with van der Waals surface area (Å²) in [6.45, 7) is 2.49. The Labute approximate surface area is 178 Å². The molecular formula is C20H25N5O4S. The highest BCUT2D eigenvalue weighted by Crippen LogP contribution is 2.27. The molecule has 10 heteroatoms. The van der Waals surface area contributed by atoms with E-state index in [2.05, 4.69) is 15.4 Å². The normalized spacial score (nSPS) is 10.8. The van der Waals surface area contributed by atoms with Crippen molar-refractivity contribution in [1.82, 2.24) is 19.9 Å². The predicted octanol–water partition coefficient (Wildman–Crippen LogP) is 1.87. The van der Waals surface area contributed by atoms with Crippen LogP contribution in [0, 0.1) is 0 Å². The van der Waals surface area contributed by atoms with Gasteiger partial charge in [0.1, 0.15) is 0 Å². The molecule has 9 nitrogen and oxygen atoms in total. The van der Waals surface area contributed by atoms with Gasteiger partial charge in [-0.3, -0.25) is 9.59 Å². The molecule has 0 bridgehead atoms. The van der Waals surface area contributed by atoms with Crippen LogP contribution < -0.4 is 25.2 Å². The smallest absolute Gasteiger partial charge is 0.275 e. The van der Waals surface area contributed by atoms with Gasteiger partial charge in [0.25, 0.3) is 5.56 Å². The minimum absolute atomic E-state index is 0.101. The van der Waals surface area contributed by atoms with Crippen molar-refractivity contribution in [2.75, 3.05) is 32.7 Å². The van der Waals surface area contributed by atoms with Crippen LogP contribution in [0.25, 0.3) is 4.96 Å². The van der Waals surface area contributed by atoms with E-state index < -0.39 is 0 Å². The summed E-state index contributed by atoms with van der Waals surface area (Å²) in [5.74, 6) is 1.07. The lowest BCUT2D eigenvalue weighted by Gasteiger charge is -2.15. The molecule has 160 valence electrons. The quantitative estimate of drug-likeness (QED) is 0.552. The minimum Gasteiger partial charge on any atom is -0.493 e. The standard InChI is InChI=1S/C20H25N5O4S/c1-5-6-14-10-18(27)25-19(22-14)30-20(23-25)24(2)12-17(26)21-11-13-7-8-15(28-3)16(9-13)29-4/h7-10H,5-6,11-12H2,1-4H3,(H,21,26). The topological polar surface area (TPSA) is 98.1 Å². The fraction of sp³-hybridized carbons (Fsp3) is 0.400. The average molecular weight is 432 g/mol. The lowest BCUT2D eigenvalue weighted by molar-refractivity contribution is -0.119. The lowest BCUT2D eigenvalue weighted by Crippen LogP contribution is -2.34. The molecule has 2 aromatic heterocycles. The van der Waals surface area contributed by atoms with Gasteiger partial charge < -0.3 is 19.7 Å². The Hall–Kier alpha value is -3.14. The molecule has 0 aliphatic carbocycles. The number of anilines is 1. The van der Waals surface area contributed by atoms with Gasteiger partial charge >= 0.3 is 0 Å². The summed E-state index contributed by atoms with van der Waals surface area (Å²) >= 11 is 1.28. The number of rotatable bonds is 9. The Kier molecular flexibility index (Phi) is 6.88. The fourth-order valence-corrected chi connectivity index (χ4v) is 3.80. The Morgan fingerprint density at radius 1 is 1.23 bits per heavy atom. The number of benzene rings is 1. The third kappa shape index (κ3) is 4.88. The molecule has 1 aromatic carbocycles. The number of hydrogen-bond donors (Lipinski definition) is 1. The van der Waals surface area contributed by atoms with Crippen LogP contribution >= 0.6 is 11.3 Å². The summed E-state index contributed by atoms with van der Waals surface area (Å²) in [6, 6.07) is 6.99. The van der Waals surface area contributed by atoms with E-state index in [4.69, 9.17) is 9.47 Å².